The second-order valence-electron chi connectivity index (χ2n) is 5.43. The van der Waals surface area contributed by atoms with E-state index in [1.54, 1.807) is 23.0 Å². The standard InChI is InChI=1S/C18H31IO2/c1-2-3-4-5-6-7-8-9-10-11-12-13-14-15-16-17-18(20)21-19/h6-7,9-10H,2-5,8,11-17H2,1H3/b7-6-,10-9-. The van der Waals surface area contributed by atoms with Gasteiger partial charge in [-0.2, -0.15) is 0 Å². The Kier molecular flexibility index (Phi) is 17.5. The molecule has 0 aliphatic carbocycles. The highest BCUT2D eigenvalue weighted by atomic mass is 127. The molecular weight excluding hydrogens is 375 g/mol. The zero-order valence-electron chi connectivity index (χ0n) is 13.5. The van der Waals surface area contributed by atoms with E-state index in [1.807, 2.05) is 0 Å². The first-order valence-electron chi connectivity index (χ1n) is 8.42. The molecule has 0 spiro atoms. The van der Waals surface area contributed by atoms with Crippen molar-refractivity contribution in [3.8, 4) is 0 Å². The minimum Gasteiger partial charge on any atom is -0.394 e. The number of halogens is 1. The van der Waals surface area contributed by atoms with Crippen molar-refractivity contribution >= 4 is 29.0 Å². The Balaban J connectivity index is 3.20. The third-order valence-corrected chi connectivity index (χ3v) is 3.91. The summed E-state index contributed by atoms with van der Waals surface area (Å²) in [5.41, 5.74) is 0. The average Bonchev–Trinajstić information content (AvgIpc) is 2.50. The molecule has 3 heteroatoms. The summed E-state index contributed by atoms with van der Waals surface area (Å²) in [7, 11) is 0. The van der Waals surface area contributed by atoms with Crippen LogP contribution in [0, 0.1) is 0 Å². The normalized spacial score (nSPS) is 11.5. The van der Waals surface area contributed by atoms with Crippen LogP contribution in [-0.4, -0.2) is 5.97 Å². The van der Waals surface area contributed by atoms with Crippen molar-refractivity contribution < 1.29 is 7.86 Å². The number of hydrogen-bond donors (Lipinski definition) is 0. The molecule has 0 heterocycles. The predicted octanol–water partition coefficient (Wildman–Crippen LogP) is 6.69. The van der Waals surface area contributed by atoms with Crippen LogP contribution in [0.1, 0.15) is 84.0 Å². The van der Waals surface area contributed by atoms with Crippen LogP contribution in [0.2, 0.25) is 0 Å². The molecule has 0 saturated carbocycles. The van der Waals surface area contributed by atoms with Crippen LogP contribution >= 0.6 is 23.0 Å². The van der Waals surface area contributed by atoms with E-state index in [-0.39, 0.29) is 5.97 Å². The van der Waals surface area contributed by atoms with Crippen molar-refractivity contribution in [3.05, 3.63) is 24.3 Å². The SMILES string of the molecule is CCCCC/C=C\C/C=C\CCCCCCCC(=O)OI. The van der Waals surface area contributed by atoms with Crippen molar-refractivity contribution in [1.29, 1.82) is 0 Å². The summed E-state index contributed by atoms with van der Waals surface area (Å²) in [4.78, 5) is 10.9. The summed E-state index contributed by atoms with van der Waals surface area (Å²) >= 11 is 1.65. The number of carbonyl (C=O) groups excluding carboxylic acids is 1. The maximum absolute atomic E-state index is 10.9. The molecule has 0 aromatic rings. The van der Waals surface area contributed by atoms with Gasteiger partial charge in [-0.15, -0.1) is 0 Å². The van der Waals surface area contributed by atoms with Gasteiger partial charge in [0.25, 0.3) is 0 Å². The number of unbranched alkanes of at least 4 members (excludes halogenated alkanes) is 8. The first-order chi connectivity index (χ1) is 10.3. The van der Waals surface area contributed by atoms with Gasteiger partial charge in [-0.3, -0.25) is 4.79 Å². The minimum atomic E-state index is -0.0960. The van der Waals surface area contributed by atoms with Crippen LogP contribution < -0.4 is 0 Å². The molecular formula is C18H31IO2. The number of hydrogen-bond acceptors (Lipinski definition) is 2. The monoisotopic (exact) mass is 406 g/mol. The van der Waals surface area contributed by atoms with Gasteiger partial charge < -0.3 is 3.07 Å². The molecule has 0 saturated heterocycles. The number of rotatable bonds is 14. The molecule has 0 unspecified atom stereocenters. The smallest absolute Gasteiger partial charge is 0.315 e. The predicted molar refractivity (Wildman–Crippen MR) is 99.5 cm³/mol. The molecule has 0 bridgehead atoms. The molecule has 0 aliphatic rings. The molecule has 0 amide bonds. The fraction of sp³-hybridized carbons (Fsp3) is 0.722. The second-order valence-corrected chi connectivity index (χ2v) is 5.87. The molecule has 122 valence electrons. The topological polar surface area (TPSA) is 26.3 Å². The van der Waals surface area contributed by atoms with Crippen LogP contribution in [0.4, 0.5) is 0 Å². The quantitative estimate of drug-likeness (QED) is 0.182. The Hall–Kier alpha value is -0.320. The lowest BCUT2D eigenvalue weighted by atomic mass is 10.1. The molecule has 0 aromatic carbocycles. The van der Waals surface area contributed by atoms with Gasteiger partial charge in [-0.1, -0.05) is 63.3 Å². The van der Waals surface area contributed by atoms with E-state index < -0.39 is 0 Å². The Bertz CT molecular complexity index is 285. The first-order valence-corrected chi connectivity index (χ1v) is 9.30. The zero-order chi connectivity index (χ0) is 15.6. The maximum atomic E-state index is 10.9. The van der Waals surface area contributed by atoms with E-state index in [4.69, 9.17) is 0 Å². The van der Waals surface area contributed by atoms with Crippen LogP contribution in [0.25, 0.3) is 0 Å². The van der Waals surface area contributed by atoms with E-state index in [0.717, 1.165) is 19.3 Å². The minimum absolute atomic E-state index is 0.0960. The van der Waals surface area contributed by atoms with Gasteiger partial charge >= 0.3 is 5.97 Å². The lowest BCUT2D eigenvalue weighted by molar-refractivity contribution is -0.131. The van der Waals surface area contributed by atoms with Gasteiger partial charge in [0, 0.05) is 6.42 Å². The van der Waals surface area contributed by atoms with Crippen molar-refractivity contribution in [2.45, 2.75) is 84.0 Å². The van der Waals surface area contributed by atoms with E-state index in [1.165, 1.54) is 51.4 Å². The lowest BCUT2D eigenvalue weighted by Crippen LogP contribution is -1.95. The van der Waals surface area contributed by atoms with Crippen LogP contribution in [0.5, 0.6) is 0 Å². The van der Waals surface area contributed by atoms with E-state index >= 15 is 0 Å². The fourth-order valence-electron chi connectivity index (χ4n) is 2.12. The summed E-state index contributed by atoms with van der Waals surface area (Å²) in [5.74, 6) is -0.0960. The Morgan fingerprint density at radius 3 is 2.05 bits per heavy atom. The molecule has 0 fully saturated rings. The van der Waals surface area contributed by atoms with Crippen LogP contribution in [0.15, 0.2) is 24.3 Å². The van der Waals surface area contributed by atoms with E-state index in [2.05, 4.69) is 34.3 Å². The lowest BCUT2D eigenvalue weighted by Gasteiger charge is -1.99. The van der Waals surface area contributed by atoms with Crippen molar-refractivity contribution in [3.63, 3.8) is 0 Å². The molecule has 0 rings (SSSR count). The van der Waals surface area contributed by atoms with Crippen molar-refractivity contribution in [1.82, 2.24) is 0 Å². The summed E-state index contributed by atoms with van der Waals surface area (Å²) < 4.78 is 4.59. The highest BCUT2D eigenvalue weighted by Gasteiger charge is 1.99. The number of allylic oxidation sites excluding steroid dienone is 4. The van der Waals surface area contributed by atoms with Gasteiger partial charge in [0.2, 0.25) is 0 Å². The first kappa shape index (κ1) is 20.7. The zero-order valence-corrected chi connectivity index (χ0v) is 15.6. The molecule has 0 aromatic heterocycles. The highest BCUT2D eigenvalue weighted by molar-refractivity contribution is 14.1. The summed E-state index contributed by atoms with van der Waals surface area (Å²) in [6.07, 6.45) is 23.0. The highest BCUT2D eigenvalue weighted by Crippen LogP contribution is 2.09. The molecule has 0 N–H and O–H groups in total. The van der Waals surface area contributed by atoms with Gasteiger partial charge in [0.05, 0.1) is 0 Å². The second kappa shape index (κ2) is 17.7. The largest absolute Gasteiger partial charge is 0.394 e. The Morgan fingerprint density at radius 1 is 0.857 bits per heavy atom. The molecule has 0 radical (unpaired) electrons. The third-order valence-electron chi connectivity index (χ3n) is 3.42. The van der Waals surface area contributed by atoms with Gasteiger partial charge in [0.15, 0.2) is 23.0 Å². The van der Waals surface area contributed by atoms with Gasteiger partial charge in [-0.05, 0) is 38.5 Å². The maximum Gasteiger partial charge on any atom is 0.315 e. The van der Waals surface area contributed by atoms with Crippen LogP contribution in [-0.2, 0) is 7.86 Å². The van der Waals surface area contributed by atoms with E-state index in [9.17, 15) is 4.79 Å². The molecule has 2 nitrogen and oxygen atoms in total. The average molecular weight is 406 g/mol. The molecule has 21 heavy (non-hydrogen) atoms. The van der Waals surface area contributed by atoms with Crippen molar-refractivity contribution in [2.24, 2.45) is 0 Å². The summed E-state index contributed by atoms with van der Waals surface area (Å²) in [6.45, 7) is 2.24. The Morgan fingerprint density at radius 2 is 1.43 bits per heavy atom. The van der Waals surface area contributed by atoms with Gasteiger partial charge in [0.1, 0.15) is 0 Å². The summed E-state index contributed by atoms with van der Waals surface area (Å²) in [6, 6.07) is 0. The third kappa shape index (κ3) is 17.6. The molecule has 0 atom stereocenters. The Labute approximate surface area is 145 Å². The van der Waals surface area contributed by atoms with E-state index in [0.29, 0.717) is 6.42 Å². The van der Waals surface area contributed by atoms with Gasteiger partial charge in [-0.25, -0.2) is 0 Å². The molecule has 0 aliphatic heterocycles. The number of carbonyl (C=O) groups is 1. The summed E-state index contributed by atoms with van der Waals surface area (Å²) in [5, 5.41) is 0. The fourth-order valence-corrected chi connectivity index (χ4v) is 2.34. The van der Waals surface area contributed by atoms with Crippen molar-refractivity contribution in [2.75, 3.05) is 0 Å². The van der Waals surface area contributed by atoms with Crippen LogP contribution in [0.3, 0.4) is 0 Å².